The SMILES string of the molecule is Nc1n[nH]c(-c2ccc3c(c2)CCCO3)c1C(=O)O. The molecule has 1 aliphatic heterocycles. The lowest BCUT2D eigenvalue weighted by molar-refractivity contribution is 0.0699. The summed E-state index contributed by atoms with van der Waals surface area (Å²) in [6, 6.07) is 5.59. The molecule has 0 saturated carbocycles. The minimum Gasteiger partial charge on any atom is -0.493 e. The fraction of sp³-hybridized carbons (Fsp3) is 0.231. The minimum absolute atomic E-state index is 0.00327. The molecule has 2 aromatic rings. The fourth-order valence-electron chi connectivity index (χ4n) is 2.30. The Labute approximate surface area is 109 Å². The van der Waals surface area contributed by atoms with E-state index in [0.717, 1.165) is 36.3 Å². The maximum atomic E-state index is 11.2. The van der Waals surface area contributed by atoms with E-state index in [0.29, 0.717) is 5.69 Å². The van der Waals surface area contributed by atoms with Gasteiger partial charge in [-0.05, 0) is 36.6 Å². The second-order valence-electron chi connectivity index (χ2n) is 4.44. The number of ether oxygens (including phenoxy) is 1. The van der Waals surface area contributed by atoms with Gasteiger partial charge in [0, 0.05) is 5.56 Å². The van der Waals surface area contributed by atoms with Crippen molar-refractivity contribution < 1.29 is 14.6 Å². The van der Waals surface area contributed by atoms with Gasteiger partial charge in [-0.1, -0.05) is 0 Å². The Hall–Kier alpha value is -2.50. The summed E-state index contributed by atoms with van der Waals surface area (Å²) in [7, 11) is 0. The molecule has 1 aromatic heterocycles. The quantitative estimate of drug-likeness (QED) is 0.761. The number of H-pyrrole nitrogens is 1. The highest BCUT2D eigenvalue weighted by Gasteiger charge is 2.20. The number of aryl methyl sites for hydroxylation is 1. The third kappa shape index (κ3) is 1.91. The van der Waals surface area contributed by atoms with Crippen LogP contribution < -0.4 is 10.5 Å². The first-order valence-corrected chi connectivity index (χ1v) is 6.00. The van der Waals surface area contributed by atoms with Crippen LogP contribution >= 0.6 is 0 Å². The summed E-state index contributed by atoms with van der Waals surface area (Å²) in [6.45, 7) is 0.726. The number of carboxylic acids is 1. The molecule has 0 unspecified atom stereocenters. The van der Waals surface area contributed by atoms with Gasteiger partial charge in [0.2, 0.25) is 0 Å². The molecule has 1 aromatic carbocycles. The molecular weight excluding hydrogens is 246 g/mol. The first kappa shape index (κ1) is 11.6. The van der Waals surface area contributed by atoms with Gasteiger partial charge in [0.15, 0.2) is 5.82 Å². The van der Waals surface area contributed by atoms with Crippen LogP contribution in [-0.4, -0.2) is 27.9 Å². The van der Waals surface area contributed by atoms with Crippen molar-refractivity contribution in [3.63, 3.8) is 0 Å². The maximum Gasteiger partial charge on any atom is 0.341 e. The lowest BCUT2D eigenvalue weighted by Crippen LogP contribution is -2.08. The van der Waals surface area contributed by atoms with E-state index in [2.05, 4.69) is 10.2 Å². The Bertz CT molecular complexity index is 649. The number of hydrogen-bond donors (Lipinski definition) is 3. The van der Waals surface area contributed by atoms with Crippen LogP contribution in [-0.2, 0) is 6.42 Å². The Balaban J connectivity index is 2.10. The zero-order valence-electron chi connectivity index (χ0n) is 10.1. The zero-order valence-corrected chi connectivity index (χ0v) is 10.1. The molecule has 1 aliphatic rings. The molecule has 0 radical (unpaired) electrons. The van der Waals surface area contributed by atoms with E-state index in [1.54, 1.807) is 0 Å². The number of carboxylic acid groups (broad SMARTS) is 1. The van der Waals surface area contributed by atoms with Gasteiger partial charge >= 0.3 is 5.97 Å². The highest BCUT2D eigenvalue weighted by Crippen LogP contribution is 2.31. The van der Waals surface area contributed by atoms with E-state index < -0.39 is 5.97 Å². The first-order valence-electron chi connectivity index (χ1n) is 6.00. The number of hydrogen-bond acceptors (Lipinski definition) is 4. The lowest BCUT2D eigenvalue weighted by atomic mass is 10.00. The van der Waals surface area contributed by atoms with E-state index in [1.165, 1.54) is 0 Å². The molecule has 19 heavy (non-hydrogen) atoms. The van der Waals surface area contributed by atoms with E-state index in [4.69, 9.17) is 10.5 Å². The number of fused-ring (bicyclic) bond motifs is 1. The normalized spacial score (nSPS) is 13.7. The van der Waals surface area contributed by atoms with Crippen LogP contribution in [0.1, 0.15) is 22.3 Å². The van der Waals surface area contributed by atoms with Crippen LogP contribution in [0.3, 0.4) is 0 Å². The summed E-state index contributed by atoms with van der Waals surface area (Å²) in [5, 5.41) is 15.6. The number of anilines is 1. The average Bonchev–Trinajstić information content (AvgIpc) is 2.80. The number of nitrogens with two attached hydrogens (primary N) is 1. The molecule has 6 nitrogen and oxygen atoms in total. The van der Waals surface area contributed by atoms with Crippen molar-refractivity contribution in [1.29, 1.82) is 0 Å². The average molecular weight is 259 g/mol. The predicted octanol–water partition coefficient (Wildman–Crippen LogP) is 1.68. The van der Waals surface area contributed by atoms with Gasteiger partial charge in [0.05, 0.1) is 12.3 Å². The van der Waals surface area contributed by atoms with Crippen LogP contribution in [0.15, 0.2) is 18.2 Å². The number of benzene rings is 1. The van der Waals surface area contributed by atoms with Crippen molar-refractivity contribution in [3.8, 4) is 17.0 Å². The van der Waals surface area contributed by atoms with Crippen molar-refractivity contribution in [2.45, 2.75) is 12.8 Å². The van der Waals surface area contributed by atoms with E-state index in [-0.39, 0.29) is 11.4 Å². The van der Waals surface area contributed by atoms with Crippen LogP contribution in [0.5, 0.6) is 5.75 Å². The molecule has 2 heterocycles. The molecule has 0 aliphatic carbocycles. The molecular formula is C13H13N3O3. The van der Waals surface area contributed by atoms with Gasteiger partial charge in [0.1, 0.15) is 11.3 Å². The van der Waals surface area contributed by atoms with Gasteiger partial charge in [-0.2, -0.15) is 5.10 Å². The topological polar surface area (TPSA) is 101 Å². The van der Waals surface area contributed by atoms with E-state index in [9.17, 15) is 9.90 Å². The van der Waals surface area contributed by atoms with Gasteiger partial charge in [0.25, 0.3) is 0 Å². The maximum absolute atomic E-state index is 11.2. The molecule has 0 atom stereocenters. The third-order valence-corrected chi connectivity index (χ3v) is 3.21. The van der Waals surface area contributed by atoms with Crippen molar-refractivity contribution in [1.82, 2.24) is 10.2 Å². The van der Waals surface area contributed by atoms with Crippen LogP contribution in [0.4, 0.5) is 5.82 Å². The monoisotopic (exact) mass is 259 g/mol. The van der Waals surface area contributed by atoms with Crippen molar-refractivity contribution in [2.24, 2.45) is 0 Å². The number of nitrogens with zero attached hydrogens (tertiary/aromatic N) is 1. The Morgan fingerprint density at radius 1 is 1.47 bits per heavy atom. The van der Waals surface area contributed by atoms with E-state index in [1.807, 2.05) is 18.2 Å². The van der Waals surface area contributed by atoms with Crippen LogP contribution in [0.25, 0.3) is 11.3 Å². The molecule has 4 N–H and O–H groups in total. The zero-order chi connectivity index (χ0) is 13.4. The summed E-state index contributed by atoms with van der Waals surface area (Å²) in [5.41, 5.74) is 7.84. The van der Waals surface area contributed by atoms with E-state index >= 15 is 0 Å². The summed E-state index contributed by atoms with van der Waals surface area (Å²) in [5.74, 6) is -0.231. The van der Waals surface area contributed by atoms with Gasteiger partial charge < -0.3 is 15.6 Å². The van der Waals surface area contributed by atoms with Crippen molar-refractivity contribution >= 4 is 11.8 Å². The van der Waals surface area contributed by atoms with Crippen LogP contribution in [0, 0.1) is 0 Å². The molecule has 0 bridgehead atoms. The highest BCUT2D eigenvalue weighted by molar-refractivity contribution is 5.99. The number of rotatable bonds is 2. The fourth-order valence-corrected chi connectivity index (χ4v) is 2.30. The van der Waals surface area contributed by atoms with Crippen molar-refractivity contribution in [2.75, 3.05) is 12.3 Å². The molecule has 0 amide bonds. The van der Waals surface area contributed by atoms with Gasteiger partial charge in [-0.25, -0.2) is 4.79 Å². The van der Waals surface area contributed by atoms with Gasteiger partial charge in [-0.15, -0.1) is 0 Å². The molecule has 98 valence electrons. The standard InChI is InChI=1S/C13H13N3O3/c14-12-10(13(17)18)11(15-16-12)8-3-4-9-7(6-8)2-1-5-19-9/h3-4,6H,1-2,5H2,(H,17,18)(H3,14,15,16). The molecule has 0 saturated heterocycles. The number of aromatic carboxylic acids is 1. The molecule has 3 rings (SSSR count). The second-order valence-corrected chi connectivity index (χ2v) is 4.44. The molecule has 0 spiro atoms. The third-order valence-electron chi connectivity index (χ3n) is 3.21. The largest absolute Gasteiger partial charge is 0.493 e. The first-order chi connectivity index (χ1) is 9.16. The predicted molar refractivity (Wildman–Crippen MR) is 69.2 cm³/mol. The highest BCUT2D eigenvalue weighted by atomic mass is 16.5. The van der Waals surface area contributed by atoms with Crippen LogP contribution in [0.2, 0.25) is 0 Å². The number of nitrogen functional groups attached to an aromatic ring is 1. The lowest BCUT2D eigenvalue weighted by Gasteiger charge is -2.17. The summed E-state index contributed by atoms with van der Waals surface area (Å²) < 4.78 is 5.53. The minimum atomic E-state index is -1.09. The summed E-state index contributed by atoms with van der Waals surface area (Å²) in [4.78, 5) is 11.2. The summed E-state index contributed by atoms with van der Waals surface area (Å²) in [6.07, 6.45) is 1.89. The van der Waals surface area contributed by atoms with Crippen molar-refractivity contribution in [3.05, 3.63) is 29.3 Å². The number of aromatic nitrogens is 2. The number of aromatic amines is 1. The second kappa shape index (κ2) is 4.31. The number of carbonyl (C=O) groups is 1. The Morgan fingerprint density at radius 2 is 2.32 bits per heavy atom. The smallest absolute Gasteiger partial charge is 0.341 e. The Morgan fingerprint density at radius 3 is 3.11 bits per heavy atom. The molecule has 6 heteroatoms. The van der Waals surface area contributed by atoms with Gasteiger partial charge in [-0.3, -0.25) is 5.10 Å². The molecule has 0 fully saturated rings. The summed E-state index contributed by atoms with van der Waals surface area (Å²) >= 11 is 0. The number of nitrogens with one attached hydrogen (secondary N) is 1. The Kier molecular flexibility index (Phi) is 2.63.